The van der Waals surface area contributed by atoms with Crippen molar-refractivity contribution in [3.63, 3.8) is 0 Å². The van der Waals surface area contributed by atoms with Gasteiger partial charge in [0, 0.05) is 43.2 Å². The summed E-state index contributed by atoms with van der Waals surface area (Å²) in [4.78, 5) is 8.45. The normalized spacial score (nSPS) is 23.2. The SMILES string of the molecule is CCO[C@@H]1C[C@H](NCc2ccnc(-n3ccnc3)c2)C1(C)C. The minimum Gasteiger partial charge on any atom is -0.378 e. The Balaban J connectivity index is 1.60. The highest BCUT2D eigenvalue weighted by Gasteiger charge is 2.48. The molecule has 2 heterocycles. The molecule has 5 heteroatoms. The Morgan fingerprint density at radius 3 is 2.95 bits per heavy atom. The van der Waals surface area contributed by atoms with Gasteiger partial charge in [-0.1, -0.05) is 13.8 Å². The van der Waals surface area contributed by atoms with Crippen LogP contribution in [0.2, 0.25) is 0 Å². The maximum atomic E-state index is 5.78. The Labute approximate surface area is 131 Å². The monoisotopic (exact) mass is 300 g/mol. The minimum absolute atomic E-state index is 0.191. The molecule has 1 saturated carbocycles. The third-order valence-corrected chi connectivity index (χ3v) is 4.68. The second kappa shape index (κ2) is 6.18. The fourth-order valence-electron chi connectivity index (χ4n) is 3.06. The lowest BCUT2D eigenvalue weighted by Gasteiger charge is -2.52. The first-order valence-corrected chi connectivity index (χ1v) is 7.89. The van der Waals surface area contributed by atoms with Crippen molar-refractivity contribution in [2.24, 2.45) is 5.41 Å². The molecule has 0 aromatic carbocycles. The van der Waals surface area contributed by atoms with Crippen molar-refractivity contribution in [2.45, 2.75) is 45.9 Å². The van der Waals surface area contributed by atoms with Crippen molar-refractivity contribution in [3.05, 3.63) is 42.6 Å². The number of hydrogen-bond donors (Lipinski definition) is 1. The maximum Gasteiger partial charge on any atom is 0.138 e. The van der Waals surface area contributed by atoms with Crippen LogP contribution >= 0.6 is 0 Å². The zero-order valence-corrected chi connectivity index (χ0v) is 13.5. The second-order valence-corrected chi connectivity index (χ2v) is 6.43. The van der Waals surface area contributed by atoms with Crippen molar-refractivity contribution < 1.29 is 4.74 Å². The topological polar surface area (TPSA) is 52.0 Å². The molecule has 2 aromatic rings. The number of rotatable bonds is 6. The van der Waals surface area contributed by atoms with Gasteiger partial charge in [-0.05, 0) is 31.0 Å². The molecule has 2 atom stereocenters. The van der Waals surface area contributed by atoms with E-state index in [1.165, 1.54) is 5.56 Å². The van der Waals surface area contributed by atoms with Crippen molar-refractivity contribution in [1.29, 1.82) is 0 Å². The van der Waals surface area contributed by atoms with E-state index in [1.54, 1.807) is 12.5 Å². The summed E-state index contributed by atoms with van der Waals surface area (Å²) in [5.74, 6) is 0.900. The number of nitrogens with one attached hydrogen (secondary N) is 1. The van der Waals surface area contributed by atoms with Crippen LogP contribution in [0, 0.1) is 5.41 Å². The van der Waals surface area contributed by atoms with Crippen LogP contribution in [0.3, 0.4) is 0 Å². The van der Waals surface area contributed by atoms with E-state index in [-0.39, 0.29) is 5.41 Å². The highest BCUT2D eigenvalue weighted by atomic mass is 16.5. The van der Waals surface area contributed by atoms with Gasteiger partial charge in [-0.3, -0.25) is 4.57 Å². The Morgan fingerprint density at radius 1 is 1.41 bits per heavy atom. The molecule has 1 fully saturated rings. The molecule has 118 valence electrons. The van der Waals surface area contributed by atoms with Gasteiger partial charge in [0.05, 0.1) is 6.10 Å². The van der Waals surface area contributed by atoms with Gasteiger partial charge in [-0.15, -0.1) is 0 Å². The van der Waals surface area contributed by atoms with Crippen molar-refractivity contribution in [3.8, 4) is 5.82 Å². The molecule has 0 saturated heterocycles. The van der Waals surface area contributed by atoms with Crippen LogP contribution in [0.4, 0.5) is 0 Å². The summed E-state index contributed by atoms with van der Waals surface area (Å²) < 4.78 is 7.70. The Hall–Kier alpha value is -1.72. The molecule has 22 heavy (non-hydrogen) atoms. The molecule has 0 amide bonds. The average Bonchev–Trinajstić information content (AvgIpc) is 3.05. The van der Waals surface area contributed by atoms with E-state index in [4.69, 9.17) is 4.74 Å². The molecule has 1 N–H and O–H groups in total. The highest BCUT2D eigenvalue weighted by molar-refractivity contribution is 5.27. The summed E-state index contributed by atoms with van der Waals surface area (Å²) in [5, 5.41) is 3.65. The molecular weight excluding hydrogens is 276 g/mol. The van der Waals surface area contributed by atoms with Gasteiger partial charge < -0.3 is 10.1 Å². The predicted octanol–water partition coefficient (Wildman–Crippen LogP) is 2.56. The molecule has 2 aromatic heterocycles. The summed E-state index contributed by atoms with van der Waals surface area (Å²) in [6.45, 7) is 8.25. The van der Waals surface area contributed by atoms with E-state index in [2.05, 4.69) is 48.2 Å². The number of ether oxygens (including phenoxy) is 1. The molecule has 5 nitrogen and oxygen atoms in total. The fourth-order valence-corrected chi connectivity index (χ4v) is 3.06. The molecule has 1 aliphatic rings. The van der Waals surface area contributed by atoms with E-state index in [9.17, 15) is 0 Å². The molecule has 0 unspecified atom stereocenters. The van der Waals surface area contributed by atoms with Gasteiger partial charge in [0.15, 0.2) is 0 Å². The zero-order valence-electron chi connectivity index (χ0n) is 13.5. The average molecular weight is 300 g/mol. The lowest BCUT2D eigenvalue weighted by molar-refractivity contribution is -0.114. The van der Waals surface area contributed by atoms with Gasteiger partial charge in [0.2, 0.25) is 0 Å². The van der Waals surface area contributed by atoms with Gasteiger partial charge in [-0.2, -0.15) is 0 Å². The molecule has 0 bridgehead atoms. The van der Waals surface area contributed by atoms with Crippen LogP contribution in [0.5, 0.6) is 0 Å². The molecule has 0 aliphatic heterocycles. The third kappa shape index (κ3) is 2.91. The number of hydrogen-bond acceptors (Lipinski definition) is 4. The first-order valence-electron chi connectivity index (χ1n) is 7.89. The molecule has 0 spiro atoms. The van der Waals surface area contributed by atoms with E-state index in [0.29, 0.717) is 12.1 Å². The first-order chi connectivity index (χ1) is 10.6. The quantitative estimate of drug-likeness (QED) is 0.891. The van der Waals surface area contributed by atoms with Crippen LogP contribution in [-0.4, -0.2) is 33.3 Å². The second-order valence-electron chi connectivity index (χ2n) is 6.43. The molecule has 0 radical (unpaired) electrons. The Bertz CT molecular complexity index is 609. The summed E-state index contributed by atoms with van der Waals surface area (Å²) in [7, 11) is 0. The maximum absolute atomic E-state index is 5.78. The molecular formula is C17H24N4O. The minimum atomic E-state index is 0.191. The lowest BCUT2D eigenvalue weighted by Crippen LogP contribution is -2.60. The summed E-state index contributed by atoms with van der Waals surface area (Å²) in [6.07, 6.45) is 8.73. The van der Waals surface area contributed by atoms with E-state index in [0.717, 1.165) is 25.4 Å². The van der Waals surface area contributed by atoms with Crippen LogP contribution in [0.1, 0.15) is 32.8 Å². The first kappa shape index (κ1) is 15.2. The van der Waals surface area contributed by atoms with Crippen LogP contribution in [-0.2, 0) is 11.3 Å². The largest absolute Gasteiger partial charge is 0.378 e. The van der Waals surface area contributed by atoms with Crippen LogP contribution in [0.25, 0.3) is 5.82 Å². The standard InChI is InChI=1S/C17H24N4O/c1-4-22-15-10-14(17(15,2)3)20-11-13-5-6-19-16(9-13)21-8-7-18-12-21/h5-9,12,14-15,20H,4,10-11H2,1-3H3/t14-,15+/m0/s1. The number of nitrogens with zero attached hydrogens (tertiary/aromatic N) is 3. The van der Waals surface area contributed by atoms with Gasteiger partial charge in [0.1, 0.15) is 12.1 Å². The van der Waals surface area contributed by atoms with E-state index >= 15 is 0 Å². The van der Waals surface area contributed by atoms with Crippen molar-refractivity contribution in [2.75, 3.05) is 6.61 Å². The predicted molar refractivity (Wildman–Crippen MR) is 85.8 cm³/mol. The van der Waals surface area contributed by atoms with Crippen molar-refractivity contribution in [1.82, 2.24) is 19.9 Å². The summed E-state index contributed by atoms with van der Waals surface area (Å²) in [6, 6.07) is 4.65. The van der Waals surface area contributed by atoms with Gasteiger partial charge in [-0.25, -0.2) is 9.97 Å². The van der Waals surface area contributed by atoms with E-state index < -0.39 is 0 Å². The third-order valence-electron chi connectivity index (χ3n) is 4.68. The molecule has 1 aliphatic carbocycles. The van der Waals surface area contributed by atoms with Gasteiger partial charge in [0.25, 0.3) is 0 Å². The zero-order chi connectivity index (χ0) is 15.6. The highest BCUT2D eigenvalue weighted by Crippen LogP contribution is 2.42. The van der Waals surface area contributed by atoms with Crippen LogP contribution < -0.4 is 5.32 Å². The Kier molecular flexibility index (Phi) is 4.27. The van der Waals surface area contributed by atoms with Crippen molar-refractivity contribution >= 4 is 0 Å². The van der Waals surface area contributed by atoms with Crippen LogP contribution in [0.15, 0.2) is 37.1 Å². The summed E-state index contributed by atoms with van der Waals surface area (Å²) >= 11 is 0. The summed E-state index contributed by atoms with van der Waals surface area (Å²) in [5.41, 5.74) is 1.42. The number of imidazole rings is 1. The van der Waals surface area contributed by atoms with E-state index in [1.807, 2.05) is 17.0 Å². The number of pyridine rings is 1. The van der Waals surface area contributed by atoms with Gasteiger partial charge >= 0.3 is 0 Å². The smallest absolute Gasteiger partial charge is 0.138 e. The number of aromatic nitrogens is 3. The lowest BCUT2D eigenvalue weighted by atomic mass is 9.64. The molecule has 3 rings (SSSR count). The Morgan fingerprint density at radius 2 is 2.27 bits per heavy atom. The fraction of sp³-hybridized carbons (Fsp3) is 0.529.